The highest BCUT2D eigenvalue weighted by atomic mass is 32.1. The fourth-order valence-electron chi connectivity index (χ4n) is 3.38. The molecule has 1 N–H and O–H groups in total. The zero-order valence-corrected chi connectivity index (χ0v) is 17.9. The zero-order chi connectivity index (χ0) is 23.2. The molecule has 0 aliphatic rings. The number of nitrogens with one attached hydrogen (secondary N) is 1. The Morgan fingerprint density at radius 1 is 1.06 bits per heavy atom. The molecule has 166 valence electrons. The van der Waals surface area contributed by atoms with Gasteiger partial charge in [0.15, 0.2) is 4.96 Å². The van der Waals surface area contributed by atoms with Crippen LogP contribution >= 0.6 is 11.3 Å². The lowest BCUT2D eigenvalue weighted by atomic mass is 10.1. The minimum absolute atomic E-state index is 0.251. The first-order chi connectivity index (χ1) is 15.8. The number of imidazole rings is 1. The van der Waals surface area contributed by atoms with Crippen molar-refractivity contribution < 1.29 is 22.7 Å². The van der Waals surface area contributed by atoms with Gasteiger partial charge in [0.05, 0.1) is 21.5 Å². The van der Waals surface area contributed by atoms with E-state index in [2.05, 4.69) is 15.3 Å². The molecule has 1 amide bonds. The number of nitrogens with zero attached hydrogens (tertiary/aromatic N) is 3. The SMILES string of the molecule is CNC(=O)c1cc(Oc2ccc3c(c2)sc2nc(-c4ccc(C(F)(F)F)cc4)cn23)ccn1. The number of pyridine rings is 1. The van der Waals surface area contributed by atoms with Crippen LogP contribution in [0.5, 0.6) is 11.5 Å². The summed E-state index contributed by atoms with van der Waals surface area (Å²) in [4.78, 5) is 21.1. The quantitative estimate of drug-likeness (QED) is 0.363. The molecular weight excluding hydrogens is 453 g/mol. The van der Waals surface area contributed by atoms with Gasteiger partial charge in [-0.15, -0.1) is 0 Å². The lowest BCUT2D eigenvalue weighted by molar-refractivity contribution is -0.137. The van der Waals surface area contributed by atoms with E-state index in [9.17, 15) is 18.0 Å². The largest absolute Gasteiger partial charge is 0.457 e. The summed E-state index contributed by atoms with van der Waals surface area (Å²) >= 11 is 1.44. The maximum Gasteiger partial charge on any atom is 0.416 e. The number of thiazole rings is 1. The Kier molecular flexibility index (Phi) is 5.01. The van der Waals surface area contributed by atoms with Crippen molar-refractivity contribution in [2.45, 2.75) is 6.18 Å². The van der Waals surface area contributed by atoms with Gasteiger partial charge in [0.25, 0.3) is 5.91 Å². The molecule has 0 atom stereocenters. The maximum atomic E-state index is 12.8. The van der Waals surface area contributed by atoms with Gasteiger partial charge in [-0.05, 0) is 30.3 Å². The van der Waals surface area contributed by atoms with Gasteiger partial charge in [-0.2, -0.15) is 13.2 Å². The molecule has 33 heavy (non-hydrogen) atoms. The molecule has 10 heteroatoms. The average molecular weight is 468 g/mol. The first-order valence-corrected chi connectivity index (χ1v) is 10.6. The molecule has 0 spiro atoms. The van der Waals surface area contributed by atoms with Crippen molar-refractivity contribution in [3.05, 3.63) is 78.2 Å². The molecule has 6 nitrogen and oxygen atoms in total. The van der Waals surface area contributed by atoms with Gasteiger partial charge in [-0.3, -0.25) is 14.2 Å². The first-order valence-electron chi connectivity index (χ1n) is 9.77. The molecule has 0 saturated heterocycles. The Morgan fingerprint density at radius 3 is 2.55 bits per heavy atom. The van der Waals surface area contributed by atoms with Crippen LogP contribution in [0.1, 0.15) is 16.1 Å². The standard InChI is InChI=1S/C23H15F3N4O2S/c1-27-21(31)17-10-16(8-9-28-17)32-15-6-7-19-20(11-15)33-22-29-18(12-30(19)22)13-2-4-14(5-3-13)23(24,25)26/h2-12H,1H3,(H,27,31). The summed E-state index contributed by atoms with van der Waals surface area (Å²) in [6.45, 7) is 0. The van der Waals surface area contributed by atoms with Crippen molar-refractivity contribution in [2.75, 3.05) is 7.05 Å². The van der Waals surface area contributed by atoms with E-state index in [4.69, 9.17) is 4.74 Å². The van der Waals surface area contributed by atoms with E-state index in [1.165, 1.54) is 36.7 Å². The molecule has 3 heterocycles. The minimum atomic E-state index is -4.37. The predicted molar refractivity (Wildman–Crippen MR) is 119 cm³/mol. The molecule has 0 saturated carbocycles. The molecular formula is C23H15F3N4O2S. The lowest BCUT2D eigenvalue weighted by Gasteiger charge is -2.07. The van der Waals surface area contributed by atoms with Gasteiger partial charge in [0.1, 0.15) is 17.2 Å². The second-order valence-electron chi connectivity index (χ2n) is 7.14. The normalized spacial score (nSPS) is 11.8. The number of hydrogen-bond donors (Lipinski definition) is 1. The fraction of sp³-hybridized carbons (Fsp3) is 0.0870. The number of rotatable bonds is 4. The number of carbonyl (C=O) groups is 1. The molecule has 5 aromatic rings. The van der Waals surface area contributed by atoms with E-state index in [-0.39, 0.29) is 11.6 Å². The van der Waals surface area contributed by atoms with Gasteiger partial charge < -0.3 is 10.1 Å². The number of amides is 1. The van der Waals surface area contributed by atoms with Crippen molar-refractivity contribution in [1.29, 1.82) is 0 Å². The summed E-state index contributed by atoms with van der Waals surface area (Å²) in [6.07, 6.45) is -1.07. The third-order valence-electron chi connectivity index (χ3n) is 5.00. The summed E-state index contributed by atoms with van der Waals surface area (Å²) in [5.74, 6) is 0.761. The van der Waals surface area contributed by atoms with E-state index in [1.54, 1.807) is 24.4 Å². The fourth-order valence-corrected chi connectivity index (χ4v) is 4.41. The smallest absolute Gasteiger partial charge is 0.416 e. The number of carbonyl (C=O) groups excluding carboxylic acids is 1. The summed E-state index contributed by atoms with van der Waals surface area (Å²) in [5.41, 5.74) is 1.66. The van der Waals surface area contributed by atoms with Crippen LogP contribution in [0.15, 0.2) is 67.0 Å². The molecule has 0 aliphatic heterocycles. The zero-order valence-electron chi connectivity index (χ0n) is 17.1. The van der Waals surface area contributed by atoms with Gasteiger partial charge >= 0.3 is 6.18 Å². The van der Waals surface area contributed by atoms with Gasteiger partial charge in [-0.25, -0.2) is 4.98 Å². The first kappa shape index (κ1) is 21.0. The van der Waals surface area contributed by atoms with Crippen molar-refractivity contribution in [3.8, 4) is 22.8 Å². The predicted octanol–water partition coefficient (Wildman–Crippen LogP) is 5.78. The van der Waals surface area contributed by atoms with Crippen molar-refractivity contribution in [2.24, 2.45) is 0 Å². The number of alkyl halides is 3. The third kappa shape index (κ3) is 4.00. The Bertz CT molecular complexity index is 1490. The van der Waals surface area contributed by atoms with Crippen molar-refractivity contribution in [1.82, 2.24) is 19.7 Å². The lowest BCUT2D eigenvalue weighted by Crippen LogP contribution is -2.18. The van der Waals surface area contributed by atoms with E-state index in [0.29, 0.717) is 27.7 Å². The highest BCUT2D eigenvalue weighted by Gasteiger charge is 2.30. The second kappa shape index (κ2) is 7.89. The maximum absolute atomic E-state index is 12.8. The molecule has 3 aromatic heterocycles. The Hall–Kier alpha value is -3.92. The molecule has 0 unspecified atom stereocenters. The summed E-state index contributed by atoms with van der Waals surface area (Å²) in [6, 6.07) is 13.7. The van der Waals surface area contributed by atoms with Crippen LogP contribution in [0, 0.1) is 0 Å². The van der Waals surface area contributed by atoms with Crippen LogP contribution in [0.2, 0.25) is 0 Å². The molecule has 0 fully saturated rings. The molecule has 0 bridgehead atoms. The molecule has 5 rings (SSSR count). The Balaban J connectivity index is 1.43. The highest BCUT2D eigenvalue weighted by molar-refractivity contribution is 7.23. The summed E-state index contributed by atoms with van der Waals surface area (Å²) < 4.78 is 47.1. The van der Waals surface area contributed by atoms with E-state index in [1.807, 2.05) is 16.5 Å². The van der Waals surface area contributed by atoms with Gasteiger partial charge in [0.2, 0.25) is 0 Å². The molecule has 0 radical (unpaired) electrons. The molecule has 2 aromatic carbocycles. The van der Waals surface area contributed by atoms with E-state index < -0.39 is 11.7 Å². The van der Waals surface area contributed by atoms with Crippen molar-refractivity contribution >= 4 is 32.4 Å². The highest BCUT2D eigenvalue weighted by Crippen LogP contribution is 2.34. The number of hydrogen-bond acceptors (Lipinski definition) is 5. The Morgan fingerprint density at radius 2 is 1.82 bits per heavy atom. The Labute approximate surface area is 189 Å². The number of aromatic nitrogens is 3. The number of fused-ring (bicyclic) bond motifs is 3. The second-order valence-corrected chi connectivity index (χ2v) is 8.15. The average Bonchev–Trinajstić information content (AvgIpc) is 3.36. The van der Waals surface area contributed by atoms with Crippen LogP contribution in [0.3, 0.4) is 0 Å². The van der Waals surface area contributed by atoms with Crippen LogP contribution in [-0.4, -0.2) is 27.3 Å². The van der Waals surface area contributed by atoms with E-state index >= 15 is 0 Å². The topological polar surface area (TPSA) is 68.5 Å². The van der Waals surface area contributed by atoms with Crippen LogP contribution < -0.4 is 10.1 Å². The monoisotopic (exact) mass is 468 g/mol. The van der Waals surface area contributed by atoms with Crippen LogP contribution in [-0.2, 0) is 6.18 Å². The number of ether oxygens (including phenoxy) is 1. The van der Waals surface area contributed by atoms with Crippen LogP contribution in [0.25, 0.3) is 26.4 Å². The summed E-state index contributed by atoms with van der Waals surface area (Å²) in [5, 5.41) is 2.52. The third-order valence-corrected chi connectivity index (χ3v) is 6.02. The number of benzene rings is 2. The van der Waals surface area contributed by atoms with Crippen LogP contribution in [0.4, 0.5) is 13.2 Å². The summed E-state index contributed by atoms with van der Waals surface area (Å²) in [7, 11) is 1.53. The minimum Gasteiger partial charge on any atom is -0.457 e. The number of halogens is 3. The van der Waals surface area contributed by atoms with Crippen molar-refractivity contribution in [3.63, 3.8) is 0 Å². The van der Waals surface area contributed by atoms with Gasteiger partial charge in [-0.1, -0.05) is 23.5 Å². The molecule has 0 aliphatic carbocycles. The van der Waals surface area contributed by atoms with E-state index in [0.717, 1.165) is 22.3 Å². The van der Waals surface area contributed by atoms with Gasteiger partial charge in [0, 0.05) is 37.1 Å².